The molecule has 1 amide bonds. The molecule has 0 aromatic heterocycles. The third-order valence-electron chi connectivity index (χ3n) is 3.63. The smallest absolute Gasteiger partial charge is 0.260 e. The fraction of sp³-hybridized carbons (Fsp3) is 0.350. The Morgan fingerprint density at radius 1 is 1.08 bits per heavy atom. The minimum Gasteiger partial charge on any atom is -0.492 e. The molecule has 4 heteroatoms. The normalized spacial score (nSPS) is 11.7. The second-order valence-corrected chi connectivity index (χ2v) is 5.99. The predicted molar refractivity (Wildman–Crippen MR) is 95.7 cm³/mol. The third kappa shape index (κ3) is 5.30. The molecule has 0 saturated carbocycles. The number of carbonyl (C=O) groups excluding carboxylic acids is 1. The summed E-state index contributed by atoms with van der Waals surface area (Å²) >= 11 is 0. The van der Waals surface area contributed by atoms with Crippen LogP contribution in [-0.4, -0.2) is 25.2 Å². The zero-order valence-electron chi connectivity index (χ0n) is 14.8. The Morgan fingerprint density at radius 2 is 1.75 bits per heavy atom. The maximum absolute atomic E-state index is 12.1. The van der Waals surface area contributed by atoms with Gasteiger partial charge in [0.1, 0.15) is 18.1 Å². The van der Waals surface area contributed by atoms with Gasteiger partial charge in [-0.2, -0.15) is 0 Å². The molecule has 0 saturated heterocycles. The highest BCUT2D eigenvalue weighted by Gasteiger charge is 2.14. The molecule has 0 heterocycles. The molecule has 0 bridgehead atoms. The molecule has 2 aromatic carbocycles. The van der Waals surface area contributed by atoms with Crippen LogP contribution >= 0.6 is 0 Å². The lowest BCUT2D eigenvalue weighted by Gasteiger charge is -2.16. The molecule has 1 atom stereocenters. The zero-order valence-corrected chi connectivity index (χ0v) is 14.8. The van der Waals surface area contributed by atoms with E-state index in [2.05, 4.69) is 11.4 Å². The van der Waals surface area contributed by atoms with Gasteiger partial charge in [-0.05, 0) is 62.6 Å². The lowest BCUT2D eigenvalue weighted by Crippen LogP contribution is -2.38. The highest BCUT2D eigenvalue weighted by atomic mass is 16.5. The monoisotopic (exact) mass is 327 g/mol. The molecular formula is C20H25NO3. The molecule has 1 N–H and O–H groups in total. The molecular weight excluding hydrogens is 302 g/mol. The third-order valence-corrected chi connectivity index (χ3v) is 3.63. The topological polar surface area (TPSA) is 47.6 Å². The molecule has 0 aliphatic heterocycles. The van der Waals surface area contributed by atoms with Crippen LogP contribution in [0.5, 0.6) is 11.5 Å². The van der Waals surface area contributed by atoms with Crippen molar-refractivity contribution in [3.8, 4) is 11.5 Å². The summed E-state index contributed by atoms with van der Waals surface area (Å²) in [4.78, 5) is 12.1. The molecule has 0 spiro atoms. The maximum atomic E-state index is 12.1. The van der Waals surface area contributed by atoms with E-state index in [-0.39, 0.29) is 5.91 Å². The number of hydrogen-bond donors (Lipinski definition) is 1. The highest BCUT2D eigenvalue weighted by Crippen LogP contribution is 2.18. The van der Waals surface area contributed by atoms with Crippen LogP contribution in [0.3, 0.4) is 0 Å². The van der Waals surface area contributed by atoms with Gasteiger partial charge in [-0.3, -0.25) is 4.79 Å². The SMILES string of the molecule is Cc1cc(C)cc(OCCNC(=O)C(C)Oc2ccccc2C)c1. The van der Waals surface area contributed by atoms with Crippen LogP contribution in [0, 0.1) is 20.8 Å². The van der Waals surface area contributed by atoms with Gasteiger partial charge in [0.05, 0.1) is 6.54 Å². The Kier molecular flexibility index (Phi) is 6.24. The number of aryl methyl sites for hydroxylation is 3. The Hall–Kier alpha value is -2.49. The molecule has 4 nitrogen and oxygen atoms in total. The van der Waals surface area contributed by atoms with Crippen molar-refractivity contribution in [3.05, 3.63) is 59.2 Å². The van der Waals surface area contributed by atoms with Crippen LogP contribution < -0.4 is 14.8 Å². The van der Waals surface area contributed by atoms with Gasteiger partial charge in [0, 0.05) is 0 Å². The number of nitrogens with one attached hydrogen (secondary N) is 1. The summed E-state index contributed by atoms with van der Waals surface area (Å²) in [5, 5.41) is 2.83. The van der Waals surface area contributed by atoms with Gasteiger partial charge in [0.25, 0.3) is 5.91 Å². The Morgan fingerprint density at radius 3 is 2.42 bits per heavy atom. The maximum Gasteiger partial charge on any atom is 0.260 e. The molecule has 0 aliphatic carbocycles. The van der Waals surface area contributed by atoms with E-state index in [0.717, 1.165) is 28.2 Å². The summed E-state index contributed by atoms with van der Waals surface area (Å²) in [5.41, 5.74) is 3.33. The summed E-state index contributed by atoms with van der Waals surface area (Å²) in [7, 11) is 0. The van der Waals surface area contributed by atoms with E-state index < -0.39 is 6.10 Å². The van der Waals surface area contributed by atoms with E-state index in [1.54, 1.807) is 6.92 Å². The minimum absolute atomic E-state index is 0.151. The quantitative estimate of drug-likeness (QED) is 0.791. The molecule has 1 unspecified atom stereocenters. The number of amides is 1. The van der Waals surface area contributed by atoms with Gasteiger partial charge in [-0.1, -0.05) is 24.3 Å². The Balaban J connectivity index is 1.75. The second-order valence-electron chi connectivity index (χ2n) is 5.99. The van der Waals surface area contributed by atoms with Gasteiger partial charge in [0.15, 0.2) is 6.10 Å². The zero-order chi connectivity index (χ0) is 17.5. The number of carbonyl (C=O) groups is 1. The molecule has 0 aliphatic rings. The van der Waals surface area contributed by atoms with Crippen LogP contribution in [0.1, 0.15) is 23.6 Å². The number of hydrogen-bond acceptors (Lipinski definition) is 3. The van der Waals surface area contributed by atoms with Crippen molar-refractivity contribution in [1.29, 1.82) is 0 Å². The fourth-order valence-electron chi connectivity index (χ4n) is 2.44. The summed E-state index contributed by atoms with van der Waals surface area (Å²) < 4.78 is 11.4. The summed E-state index contributed by atoms with van der Waals surface area (Å²) in [6.45, 7) is 8.63. The van der Waals surface area contributed by atoms with Crippen LogP contribution in [0.4, 0.5) is 0 Å². The van der Waals surface area contributed by atoms with Crippen molar-refractivity contribution in [2.24, 2.45) is 0 Å². The van der Waals surface area contributed by atoms with Crippen molar-refractivity contribution >= 4 is 5.91 Å². The number of para-hydroxylation sites is 1. The molecule has 128 valence electrons. The molecule has 2 aromatic rings. The summed E-state index contributed by atoms with van der Waals surface area (Å²) in [5.74, 6) is 1.40. The molecule has 2 rings (SSSR count). The lowest BCUT2D eigenvalue weighted by atomic mass is 10.1. The standard InChI is InChI=1S/C20H25NO3/c1-14-11-15(2)13-18(12-14)23-10-9-21-20(22)17(4)24-19-8-6-5-7-16(19)3/h5-8,11-13,17H,9-10H2,1-4H3,(H,21,22). The number of benzene rings is 2. The number of rotatable bonds is 7. The van der Waals surface area contributed by atoms with E-state index >= 15 is 0 Å². The van der Waals surface area contributed by atoms with Gasteiger partial charge >= 0.3 is 0 Å². The van der Waals surface area contributed by atoms with Gasteiger partial charge < -0.3 is 14.8 Å². The van der Waals surface area contributed by atoms with E-state index in [4.69, 9.17) is 9.47 Å². The first-order chi connectivity index (χ1) is 11.5. The van der Waals surface area contributed by atoms with Crippen LogP contribution in [0.2, 0.25) is 0 Å². The van der Waals surface area contributed by atoms with Crippen LogP contribution in [0.15, 0.2) is 42.5 Å². The first-order valence-electron chi connectivity index (χ1n) is 8.17. The van der Waals surface area contributed by atoms with Crippen LogP contribution in [-0.2, 0) is 4.79 Å². The van der Waals surface area contributed by atoms with E-state index in [1.807, 2.05) is 57.2 Å². The molecule has 0 radical (unpaired) electrons. The van der Waals surface area contributed by atoms with E-state index in [1.165, 1.54) is 0 Å². The van der Waals surface area contributed by atoms with Crippen molar-refractivity contribution in [2.75, 3.05) is 13.2 Å². The molecule has 24 heavy (non-hydrogen) atoms. The van der Waals surface area contributed by atoms with Crippen molar-refractivity contribution in [3.63, 3.8) is 0 Å². The van der Waals surface area contributed by atoms with Crippen LogP contribution in [0.25, 0.3) is 0 Å². The van der Waals surface area contributed by atoms with Gasteiger partial charge in [0.2, 0.25) is 0 Å². The van der Waals surface area contributed by atoms with Crippen molar-refractivity contribution in [2.45, 2.75) is 33.8 Å². The summed E-state index contributed by atoms with van der Waals surface area (Å²) in [6.07, 6.45) is -0.549. The van der Waals surface area contributed by atoms with Crippen molar-refractivity contribution < 1.29 is 14.3 Å². The van der Waals surface area contributed by atoms with E-state index in [0.29, 0.717) is 13.2 Å². The van der Waals surface area contributed by atoms with Gasteiger partial charge in [-0.15, -0.1) is 0 Å². The lowest BCUT2D eigenvalue weighted by molar-refractivity contribution is -0.127. The largest absolute Gasteiger partial charge is 0.492 e. The fourth-order valence-corrected chi connectivity index (χ4v) is 2.44. The average molecular weight is 327 g/mol. The summed E-state index contributed by atoms with van der Waals surface area (Å²) in [6, 6.07) is 13.7. The predicted octanol–water partition coefficient (Wildman–Crippen LogP) is 3.57. The minimum atomic E-state index is -0.549. The van der Waals surface area contributed by atoms with Crippen molar-refractivity contribution in [1.82, 2.24) is 5.32 Å². The molecule has 0 fully saturated rings. The Labute approximate surface area is 143 Å². The first kappa shape index (κ1) is 17.9. The second kappa shape index (κ2) is 8.39. The highest BCUT2D eigenvalue weighted by molar-refractivity contribution is 5.80. The van der Waals surface area contributed by atoms with Gasteiger partial charge in [-0.25, -0.2) is 0 Å². The Bertz CT molecular complexity index is 677. The first-order valence-corrected chi connectivity index (χ1v) is 8.17. The van der Waals surface area contributed by atoms with E-state index in [9.17, 15) is 4.79 Å². The number of ether oxygens (including phenoxy) is 2. The average Bonchev–Trinajstić information content (AvgIpc) is 2.52.